The van der Waals surface area contributed by atoms with Crippen molar-refractivity contribution in [3.05, 3.63) is 51.7 Å². The summed E-state index contributed by atoms with van der Waals surface area (Å²) in [4.78, 5) is 39.8. The number of esters is 1. The predicted molar refractivity (Wildman–Crippen MR) is 135 cm³/mol. The van der Waals surface area contributed by atoms with E-state index in [2.05, 4.69) is 0 Å². The number of phenolic OH excluding ortho intramolecular Hbond substituents is 1. The van der Waals surface area contributed by atoms with Gasteiger partial charge in [0.05, 0.1) is 34.9 Å². The third kappa shape index (κ3) is 3.99. The molecule has 3 atom stereocenters. The van der Waals surface area contributed by atoms with Crippen molar-refractivity contribution in [3.63, 3.8) is 0 Å². The van der Waals surface area contributed by atoms with E-state index in [1.807, 2.05) is 0 Å². The summed E-state index contributed by atoms with van der Waals surface area (Å²) in [7, 11) is 5.31. The molecule has 10 nitrogen and oxygen atoms in total. The number of aromatic hydroxyl groups is 1. The lowest BCUT2D eigenvalue weighted by molar-refractivity contribution is -0.140. The number of phenols is 1. The first-order chi connectivity index (χ1) is 18.0. The number of hydrogen-bond acceptors (Lipinski definition) is 10. The van der Waals surface area contributed by atoms with Crippen LogP contribution in [0.5, 0.6) is 28.7 Å². The van der Waals surface area contributed by atoms with Crippen LogP contribution in [0.25, 0.3) is 0 Å². The molecule has 2 aromatic carbocycles. The number of carbonyl (C=O) groups excluding carboxylic acids is 3. The first-order valence-corrected chi connectivity index (χ1v) is 12.0. The van der Waals surface area contributed by atoms with Gasteiger partial charge in [-0.05, 0) is 17.7 Å². The number of aliphatic hydroxyl groups excluding tert-OH is 1. The molecule has 1 unspecified atom stereocenters. The number of benzene rings is 2. The first kappa shape index (κ1) is 27.1. The number of carbonyl (C=O) groups is 3. The standard InChI is InChI=1S/C27H27ClO10/c1-12-8-16(30)21(14(10-20(31)37-5)13-6-7-17(34-2)15(29)9-13)25(32)27(12)26(33)22-18(35-3)11-19(36-4)23(28)24(22)38-27/h6-7,9,11-12,14,29,32H,8,10H2,1-5H3/t12-,14?,27+/m1/s1. The first-order valence-electron chi connectivity index (χ1n) is 11.6. The Hall–Kier alpha value is -3.92. The summed E-state index contributed by atoms with van der Waals surface area (Å²) in [6, 6.07) is 5.76. The normalized spacial score (nSPS) is 21.2. The summed E-state index contributed by atoms with van der Waals surface area (Å²) in [6.07, 6.45) is -0.549. The number of ether oxygens (including phenoxy) is 5. The number of fused-ring (bicyclic) bond motifs is 1. The van der Waals surface area contributed by atoms with E-state index in [1.165, 1.54) is 46.6 Å². The van der Waals surface area contributed by atoms with Gasteiger partial charge in [0.2, 0.25) is 11.4 Å². The van der Waals surface area contributed by atoms with Crippen LogP contribution in [0.4, 0.5) is 0 Å². The van der Waals surface area contributed by atoms with E-state index < -0.39 is 40.7 Å². The maximum absolute atomic E-state index is 14.0. The van der Waals surface area contributed by atoms with E-state index in [0.29, 0.717) is 5.56 Å². The van der Waals surface area contributed by atoms with E-state index in [1.54, 1.807) is 13.0 Å². The van der Waals surface area contributed by atoms with Crippen LogP contribution < -0.4 is 18.9 Å². The summed E-state index contributed by atoms with van der Waals surface area (Å²) in [5.74, 6) is -4.18. The smallest absolute Gasteiger partial charge is 0.306 e. The molecule has 202 valence electrons. The Balaban J connectivity index is 1.95. The summed E-state index contributed by atoms with van der Waals surface area (Å²) in [5.41, 5.74) is -1.91. The largest absolute Gasteiger partial charge is 0.507 e. The minimum atomic E-state index is -2.02. The molecule has 0 aromatic heterocycles. The van der Waals surface area contributed by atoms with E-state index >= 15 is 0 Å². The molecule has 2 N–H and O–H groups in total. The molecule has 0 radical (unpaired) electrons. The van der Waals surface area contributed by atoms with Gasteiger partial charge in [0.15, 0.2) is 28.8 Å². The number of aliphatic hydroxyl groups is 1. The molecule has 4 rings (SSSR count). The molecular formula is C27H27ClO10. The zero-order valence-electron chi connectivity index (χ0n) is 21.4. The third-order valence-corrected chi connectivity index (χ3v) is 7.42. The van der Waals surface area contributed by atoms with Crippen molar-refractivity contribution in [2.75, 3.05) is 28.4 Å². The number of hydrogen-bond donors (Lipinski definition) is 2. The van der Waals surface area contributed by atoms with Crippen molar-refractivity contribution < 1.29 is 48.3 Å². The van der Waals surface area contributed by atoms with Crippen LogP contribution in [-0.4, -0.2) is 61.8 Å². The fraction of sp³-hybridized carbons (Fsp3) is 0.370. The van der Waals surface area contributed by atoms with Crippen molar-refractivity contribution >= 4 is 29.1 Å². The predicted octanol–water partition coefficient (Wildman–Crippen LogP) is 4.15. The summed E-state index contributed by atoms with van der Waals surface area (Å²) < 4.78 is 26.8. The lowest BCUT2D eigenvalue weighted by Crippen LogP contribution is -2.53. The molecule has 0 amide bonds. The summed E-state index contributed by atoms with van der Waals surface area (Å²) in [5, 5.41) is 22.1. The molecular weight excluding hydrogens is 520 g/mol. The monoisotopic (exact) mass is 546 g/mol. The molecule has 1 heterocycles. The second kappa shape index (κ2) is 10.1. The molecule has 1 aliphatic carbocycles. The topological polar surface area (TPSA) is 138 Å². The fourth-order valence-electron chi connectivity index (χ4n) is 5.10. The van der Waals surface area contributed by atoms with Gasteiger partial charge in [-0.1, -0.05) is 24.6 Å². The van der Waals surface area contributed by atoms with Gasteiger partial charge < -0.3 is 33.9 Å². The van der Waals surface area contributed by atoms with E-state index in [0.717, 1.165) is 0 Å². The number of ketones is 2. The van der Waals surface area contributed by atoms with Crippen molar-refractivity contribution in [2.24, 2.45) is 5.92 Å². The zero-order chi connectivity index (χ0) is 27.9. The van der Waals surface area contributed by atoms with Gasteiger partial charge in [-0.3, -0.25) is 14.4 Å². The van der Waals surface area contributed by atoms with Gasteiger partial charge >= 0.3 is 5.97 Å². The average Bonchev–Trinajstić information content (AvgIpc) is 3.21. The molecule has 2 aliphatic rings. The summed E-state index contributed by atoms with van der Waals surface area (Å²) >= 11 is 6.48. The number of Topliss-reactive ketones (excluding diaryl/α,β-unsaturated/α-hetero) is 2. The van der Waals surface area contributed by atoms with Crippen LogP contribution in [0.2, 0.25) is 5.02 Å². The Morgan fingerprint density at radius 1 is 1.08 bits per heavy atom. The van der Waals surface area contributed by atoms with Gasteiger partial charge in [-0.15, -0.1) is 0 Å². The van der Waals surface area contributed by atoms with E-state index in [4.69, 9.17) is 35.3 Å². The second-order valence-electron chi connectivity index (χ2n) is 9.02. The highest BCUT2D eigenvalue weighted by atomic mass is 35.5. The number of rotatable bonds is 7. The second-order valence-corrected chi connectivity index (χ2v) is 9.40. The van der Waals surface area contributed by atoms with Crippen LogP contribution in [0.3, 0.4) is 0 Å². The highest BCUT2D eigenvalue weighted by molar-refractivity contribution is 6.35. The van der Waals surface area contributed by atoms with Crippen molar-refractivity contribution in [1.82, 2.24) is 0 Å². The quantitative estimate of drug-likeness (QED) is 0.487. The lowest BCUT2D eigenvalue weighted by Gasteiger charge is -2.38. The van der Waals surface area contributed by atoms with E-state index in [-0.39, 0.29) is 57.7 Å². The third-order valence-electron chi connectivity index (χ3n) is 7.06. The van der Waals surface area contributed by atoms with Crippen molar-refractivity contribution in [2.45, 2.75) is 31.3 Å². The Morgan fingerprint density at radius 3 is 2.32 bits per heavy atom. The van der Waals surface area contributed by atoms with Gasteiger partial charge in [0.1, 0.15) is 22.1 Å². The molecule has 0 saturated carbocycles. The minimum absolute atomic E-state index is 0.00170. The molecule has 1 aliphatic heterocycles. The fourth-order valence-corrected chi connectivity index (χ4v) is 5.36. The molecule has 38 heavy (non-hydrogen) atoms. The van der Waals surface area contributed by atoms with Gasteiger partial charge in [0, 0.05) is 29.9 Å². The van der Waals surface area contributed by atoms with Crippen LogP contribution in [0.15, 0.2) is 35.6 Å². The number of halogens is 1. The maximum Gasteiger partial charge on any atom is 0.306 e. The number of methoxy groups -OCH3 is 4. The summed E-state index contributed by atoms with van der Waals surface area (Å²) in [6.45, 7) is 1.60. The van der Waals surface area contributed by atoms with Crippen LogP contribution >= 0.6 is 11.6 Å². The lowest BCUT2D eigenvalue weighted by atomic mass is 9.69. The molecule has 0 saturated heterocycles. The Morgan fingerprint density at radius 2 is 1.74 bits per heavy atom. The van der Waals surface area contributed by atoms with Crippen LogP contribution in [0.1, 0.15) is 41.6 Å². The van der Waals surface area contributed by atoms with Gasteiger partial charge in [0.25, 0.3) is 0 Å². The SMILES string of the molecule is COC(=O)CC(C1=C(O)[C@@]2(Oc3c(Cl)c(OC)cc(OC)c3C2=O)[C@H](C)CC1=O)c1ccc(OC)c(O)c1. The Kier molecular flexibility index (Phi) is 7.20. The van der Waals surface area contributed by atoms with Crippen molar-refractivity contribution in [1.29, 1.82) is 0 Å². The van der Waals surface area contributed by atoms with Crippen LogP contribution in [-0.2, 0) is 14.3 Å². The van der Waals surface area contributed by atoms with Crippen molar-refractivity contribution in [3.8, 4) is 28.7 Å². The zero-order valence-corrected chi connectivity index (χ0v) is 22.2. The van der Waals surface area contributed by atoms with Gasteiger partial charge in [-0.25, -0.2) is 0 Å². The molecule has 11 heteroatoms. The highest BCUT2D eigenvalue weighted by Gasteiger charge is 2.61. The molecule has 1 spiro atoms. The number of allylic oxidation sites excluding steroid dienone is 1. The highest BCUT2D eigenvalue weighted by Crippen LogP contribution is 2.56. The van der Waals surface area contributed by atoms with Gasteiger partial charge in [-0.2, -0.15) is 0 Å². The molecule has 0 fully saturated rings. The van der Waals surface area contributed by atoms with E-state index in [9.17, 15) is 24.6 Å². The molecule has 0 bridgehead atoms. The Bertz CT molecular complexity index is 1360. The minimum Gasteiger partial charge on any atom is -0.507 e. The van der Waals surface area contributed by atoms with Crippen LogP contribution in [0, 0.1) is 5.92 Å². The average molecular weight is 547 g/mol. The maximum atomic E-state index is 14.0. The Labute approximate surface area is 223 Å². The molecule has 2 aromatic rings.